The van der Waals surface area contributed by atoms with Crippen LogP contribution < -0.4 is 15.0 Å². The van der Waals surface area contributed by atoms with Crippen molar-refractivity contribution in [3.05, 3.63) is 94.6 Å². The van der Waals surface area contributed by atoms with Gasteiger partial charge in [0, 0.05) is 53.6 Å². The van der Waals surface area contributed by atoms with Crippen LogP contribution in [0.2, 0.25) is 5.02 Å². The van der Waals surface area contributed by atoms with E-state index in [0.717, 1.165) is 59.8 Å². The van der Waals surface area contributed by atoms with Gasteiger partial charge >= 0.3 is 0 Å². The Morgan fingerprint density at radius 3 is 2.53 bits per heavy atom. The van der Waals surface area contributed by atoms with Gasteiger partial charge in [0.15, 0.2) is 5.58 Å². The third-order valence-corrected chi connectivity index (χ3v) is 8.70. The van der Waals surface area contributed by atoms with E-state index in [9.17, 15) is 10.1 Å². The molecule has 2 aromatic heterocycles. The number of hydrogen-bond donors (Lipinski definition) is 1. The van der Waals surface area contributed by atoms with Crippen molar-refractivity contribution < 1.29 is 13.9 Å². The number of carbonyl (C=O) groups excluding carboxylic acids is 1. The number of anilines is 1. The SMILES string of the molecule is COc1cccc(Cl)c1-c1ccc(N2CCC(CNC(=O)c3ccc(-c4nc5cc(C#N)cc(C(C)C)c5o4)cc3)CC2)nc1. The molecule has 0 unspecified atom stereocenters. The quantitative estimate of drug-likeness (QED) is 0.188. The number of carbonyl (C=O) groups is 1. The number of hydrogen-bond acceptors (Lipinski definition) is 7. The molecule has 3 aromatic carbocycles. The molecule has 9 heteroatoms. The number of aromatic nitrogens is 2. The van der Waals surface area contributed by atoms with E-state index in [1.54, 1.807) is 25.3 Å². The molecule has 228 valence electrons. The van der Waals surface area contributed by atoms with Gasteiger partial charge in [-0.3, -0.25) is 4.79 Å². The summed E-state index contributed by atoms with van der Waals surface area (Å²) in [4.78, 5) is 24.6. The first kappa shape index (κ1) is 30.2. The lowest BCUT2D eigenvalue weighted by Gasteiger charge is -2.33. The van der Waals surface area contributed by atoms with Crippen LogP contribution in [0.15, 0.2) is 77.3 Å². The van der Waals surface area contributed by atoms with Crippen molar-refractivity contribution in [2.45, 2.75) is 32.6 Å². The second-order valence-corrected chi connectivity index (χ2v) is 12.0. The predicted octanol–water partition coefficient (Wildman–Crippen LogP) is 7.86. The summed E-state index contributed by atoms with van der Waals surface area (Å²) in [5.41, 5.74) is 5.97. The fraction of sp³-hybridized carbons (Fsp3) is 0.278. The molecule has 0 bridgehead atoms. The third-order valence-electron chi connectivity index (χ3n) is 8.39. The molecule has 3 heterocycles. The monoisotopic (exact) mass is 619 g/mol. The van der Waals surface area contributed by atoms with Crippen LogP contribution in [0.3, 0.4) is 0 Å². The maximum Gasteiger partial charge on any atom is 0.251 e. The van der Waals surface area contributed by atoms with Gasteiger partial charge in [0.1, 0.15) is 17.1 Å². The zero-order chi connectivity index (χ0) is 31.5. The first-order valence-electron chi connectivity index (χ1n) is 15.1. The number of nitrogens with zero attached hydrogens (tertiary/aromatic N) is 4. The molecule has 0 saturated carbocycles. The molecule has 1 fully saturated rings. The lowest BCUT2D eigenvalue weighted by Crippen LogP contribution is -2.39. The molecule has 45 heavy (non-hydrogen) atoms. The summed E-state index contributed by atoms with van der Waals surface area (Å²) >= 11 is 6.44. The molecule has 1 amide bonds. The molecule has 1 N–H and O–H groups in total. The molecular formula is C36H34ClN5O3. The Kier molecular flexibility index (Phi) is 8.72. The number of methoxy groups -OCH3 is 1. The van der Waals surface area contributed by atoms with Crippen molar-refractivity contribution in [3.63, 3.8) is 0 Å². The zero-order valence-electron chi connectivity index (χ0n) is 25.5. The maximum atomic E-state index is 13.0. The van der Waals surface area contributed by atoms with Crippen molar-refractivity contribution in [3.8, 4) is 34.4 Å². The number of pyridine rings is 1. The first-order valence-corrected chi connectivity index (χ1v) is 15.5. The summed E-state index contributed by atoms with van der Waals surface area (Å²) in [6.07, 6.45) is 3.77. The molecule has 6 rings (SSSR count). The van der Waals surface area contributed by atoms with Crippen LogP contribution in [0.1, 0.15) is 54.1 Å². The van der Waals surface area contributed by atoms with Crippen molar-refractivity contribution in [2.24, 2.45) is 5.92 Å². The minimum Gasteiger partial charge on any atom is -0.496 e. The number of ether oxygens (including phenoxy) is 1. The summed E-state index contributed by atoms with van der Waals surface area (Å²) in [6.45, 7) is 6.49. The molecular weight excluding hydrogens is 586 g/mol. The van der Waals surface area contributed by atoms with Crippen LogP contribution in [0, 0.1) is 17.2 Å². The lowest BCUT2D eigenvalue weighted by molar-refractivity contribution is 0.0945. The summed E-state index contributed by atoms with van der Waals surface area (Å²) in [6, 6.07) is 22.7. The molecule has 1 aliphatic rings. The highest BCUT2D eigenvalue weighted by atomic mass is 35.5. The van der Waals surface area contributed by atoms with E-state index in [1.807, 2.05) is 54.7 Å². The zero-order valence-corrected chi connectivity index (χ0v) is 26.3. The standard InChI is InChI=1S/C36H34ClN5O3/c1-22(2)28-17-24(19-38)18-30-34(28)45-36(41-30)26-9-7-25(8-10-26)35(43)40-20-23-13-15-42(16-14-23)32-12-11-27(21-39-32)33-29(37)5-4-6-31(33)44-3/h4-12,17-18,21-23H,13-16,20H2,1-3H3,(H,40,43). The van der Waals surface area contributed by atoms with E-state index in [-0.39, 0.29) is 11.8 Å². The van der Waals surface area contributed by atoms with Gasteiger partial charge in [0.2, 0.25) is 5.89 Å². The van der Waals surface area contributed by atoms with Crippen LogP contribution in [-0.4, -0.2) is 42.6 Å². The van der Waals surface area contributed by atoms with Crippen LogP contribution in [-0.2, 0) is 0 Å². The van der Waals surface area contributed by atoms with Crippen LogP contribution in [0.4, 0.5) is 5.82 Å². The average molecular weight is 620 g/mol. The van der Waals surface area contributed by atoms with E-state index in [4.69, 9.17) is 25.7 Å². The minimum absolute atomic E-state index is 0.102. The number of oxazole rings is 1. The Morgan fingerprint density at radius 2 is 1.87 bits per heavy atom. The molecule has 5 aromatic rings. The topological polar surface area (TPSA) is 104 Å². The minimum atomic E-state index is -0.102. The Bertz CT molecular complexity index is 1870. The molecule has 0 radical (unpaired) electrons. The highest BCUT2D eigenvalue weighted by molar-refractivity contribution is 6.33. The Balaban J connectivity index is 1.03. The van der Waals surface area contributed by atoms with E-state index in [1.165, 1.54) is 0 Å². The number of piperidine rings is 1. The number of halogens is 1. The summed E-state index contributed by atoms with van der Waals surface area (Å²) in [5.74, 6) is 2.59. The number of nitrogens with one attached hydrogen (secondary N) is 1. The van der Waals surface area contributed by atoms with Crippen molar-refractivity contribution in [1.82, 2.24) is 15.3 Å². The van der Waals surface area contributed by atoms with E-state index in [0.29, 0.717) is 45.6 Å². The van der Waals surface area contributed by atoms with Crippen LogP contribution in [0.25, 0.3) is 33.7 Å². The molecule has 0 spiro atoms. The molecule has 0 atom stereocenters. The molecule has 1 aliphatic heterocycles. The van der Waals surface area contributed by atoms with Gasteiger partial charge in [-0.25, -0.2) is 9.97 Å². The maximum absolute atomic E-state index is 13.0. The number of benzene rings is 3. The van der Waals surface area contributed by atoms with Gasteiger partial charge in [0.05, 0.1) is 23.8 Å². The number of rotatable bonds is 8. The molecule has 0 aliphatic carbocycles. The van der Waals surface area contributed by atoms with Crippen molar-refractivity contribution in [1.29, 1.82) is 5.26 Å². The normalized spacial score (nSPS) is 13.6. The van der Waals surface area contributed by atoms with Crippen LogP contribution >= 0.6 is 11.6 Å². The van der Waals surface area contributed by atoms with E-state index in [2.05, 4.69) is 35.1 Å². The van der Waals surface area contributed by atoms with Gasteiger partial charge in [-0.15, -0.1) is 0 Å². The Labute approximate surface area is 267 Å². The lowest BCUT2D eigenvalue weighted by atomic mass is 9.96. The highest BCUT2D eigenvalue weighted by Crippen LogP contribution is 2.37. The van der Waals surface area contributed by atoms with Gasteiger partial charge in [0.25, 0.3) is 5.91 Å². The largest absolute Gasteiger partial charge is 0.496 e. The second kappa shape index (κ2) is 13.0. The summed E-state index contributed by atoms with van der Waals surface area (Å²) in [5, 5.41) is 13.1. The predicted molar refractivity (Wildman–Crippen MR) is 177 cm³/mol. The second-order valence-electron chi connectivity index (χ2n) is 11.6. The van der Waals surface area contributed by atoms with E-state index < -0.39 is 0 Å². The third kappa shape index (κ3) is 6.36. The van der Waals surface area contributed by atoms with Gasteiger partial charge in [-0.1, -0.05) is 31.5 Å². The fourth-order valence-electron chi connectivity index (χ4n) is 5.82. The first-order chi connectivity index (χ1) is 21.8. The number of fused-ring (bicyclic) bond motifs is 1. The molecule has 1 saturated heterocycles. The number of amides is 1. The van der Waals surface area contributed by atoms with Gasteiger partial charge in [-0.2, -0.15) is 5.26 Å². The average Bonchev–Trinajstić information content (AvgIpc) is 3.51. The molecule has 8 nitrogen and oxygen atoms in total. The Morgan fingerprint density at radius 1 is 1.11 bits per heavy atom. The van der Waals surface area contributed by atoms with Crippen LogP contribution in [0.5, 0.6) is 5.75 Å². The van der Waals surface area contributed by atoms with Crippen molar-refractivity contribution in [2.75, 3.05) is 31.6 Å². The van der Waals surface area contributed by atoms with Gasteiger partial charge in [-0.05, 0) is 85.3 Å². The van der Waals surface area contributed by atoms with Gasteiger partial charge < -0.3 is 19.4 Å². The smallest absolute Gasteiger partial charge is 0.251 e. The summed E-state index contributed by atoms with van der Waals surface area (Å²) < 4.78 is 11.6. The summed E-state index contributed by atoms with van der Waals surface area (Å²) in [7, 11) is 1.64. The fourth-order valence-corrected chi connectivity index (χ4v) is 6.10. The highest BCUT2D eigenvalue weighted by Gasteiger charge is 2.22. The van der Waals surface area contributed by atoms with E-state index >= 15 is 0 Å². The Hall–Kier alpha value is -4.87. The van der Waals surface area contributed by atoms with Crippen molar-refractivity contribution >= 4 is 34.4 Å². The number of nitriles is 1.